The second-order valence-electron chi connectivity index (χ2n) is 4.54. The number of primary amides is 2. The molecule has 0 aromatic heterocycles. The Labute approximate surface area is 101 Å². The van der Waals surface area contributed by atoms with Crippen LogP contribution in [0.5, 0.6) is 0 Å². The summed E-state index contributed by atoms with van der Waals surface area (Å²) in [4.78, 5) is 22.3. The molecule has 4 N–H and O–H groups in total. The molecular weight excluding hydrogens is 216 g/mol. The lowest BCUT2D eigenvalue weighted by atomic mass is 9.98. The molecule has 4 heteroatoms. The number of benzene rings is 1. The number of nitrogens with two attached hydrogens (primary N) is 2. The van der Waals surface area contributed by atoms with Crippen molar-refractivity contribution >= 4 is 11.8 Å². The summed E-state index contributed by atoms with van der Waals surface area (Å²) in [6.45, 7) is 4.26. The Morgan fingerprint density at radius 1 is 1.12 bits per heavy atom. The van der Waals surface area contributed by atoms with Crippen LogP contribution < -0.4 is 11.5 Å². The van der Waals surface area contributed by atoms with Crippen molar-refractivity contribution in [2.24, 2.45) is 17.4 Å². The van der Waals surface area contributed by atoms with Crippen LogP contribution in [0.4, 0.5) is 0 Å². The van der Waals surface area contributed by atoms with Gasteiger partial charge in [-0.05, 0) is 36.5 Å². The highest BCUT2D eigenvalue weighted by molar-refractivity contribution is 6.06. The molecule has 0 atom stereocenters. The fourth-order valence-electron chi connectivity index (χ4n) is 1.62. The van der Waals surface area contributed by atoms with E-state index in [1.807, 2.05) is 6.07 Å². The molecule has 0 aliphatic heterocycles. The largest absolute Gasteiger partial charge is 0.366 e. The Morgan fingerprint density at radius 3 is 2.18 bits per heavy atom. The second kappa shape index (κ2) is 5.48. The van der Waals surface area contributed by atoms with Crippen molar-refractivity contribution in [2.75, 3.05) is 0 Å². The van der Waals surface area contributed by atoms with Crippen LogP contribution in [0, 0.1) is 5.92 Å². The highest BCUT2D eigenvalue weighted by atomic mass is 16.2. The van der Waals surface area contributed by atoms with Crippen LogP contribution in [0.1, 0.15) is 46.5 Å². The molecular formula is C13H18N2O2. The fourth-order valence-corrected chi connectivity index (χ4v) is 1.62. The third kappa shape index (κ3) is 3.59. The number of hydrogen-bond acceptors (Lipinski definition) is 2. The minimum atomic E-state index is -0.630. The summed E-state index contributed by atoms with van der Waals surface area (Å²) >= 11 is 0. The summed E-state index contributed by atoms with van der Waals surface area (Å²) < 4.78 is 0. The highest BCUT2D eigenvalue weighted by Crippen LogP contribution is 2.15. The fraction of sp³-hybridized carbons (Fsp3) is 0.385. The van der Waals surface area contributed by atoms with Crippen molar-refractivity contribution < 1.29 is 9.59 Å². The monoisotopic (exact) mass is 234 g/mol. The molecule has 0 radical (unpaired) electrons. The summed E-state index contributed by atoms with van der Waals surface area (Å²) in [6.07, 6.45) is 1.88. The van der Waals surface area contributed by atoms with E-state index in [1.165, 1.54) is 0 Å². The lowest BCUT2D eigenvalue weighted by Gasteiger charge is -2.08. The summed E-state index contributed by atoms with van der Waals surface area (Å²) in [5.41, 5.74) is 11.8. The Kier molecular flexibility index (Phi) is 4.26. The van der Waals surface area contributed by atoms with Crippen LogP contribution in [0.25, 0.3) is 0 Å². The van der Waals surface area contributed by atoms with E-state index in [1.54, 1.807) is 12.1 Å². The maximum absolute atomic E-state index is 11.2. The van der Waals surface area contributed by atoms with Gasteiger partial charge in [-0.25, -0.2) is 0 Å². The molecule has 0 heterocycles. The van der Waals surface area contributed by atoms with Crippen LogP contribution in [-0.2, 0) is 6.42 Å². The van der Waals surface area contributed by atoms with E-state index in [-0.39, 0.29) is 11.1 Å². The van der Waals surface area contributed by atoms with Gasteiger partial charge in [-0.15, -0.1) is 0 Å². The zero-order valence-corrected chi connectivity index (χ0v) is 10.2. The maximum atomic E-state index is 11.2. The van der Waals surface area contributed by atoms with Gasteiger partial charge in [0.25, 0.3) is 0 Å². The third-order valence-corrected chi connectivity index (χ3v) is 2.63. The zero-order chi connectivity index (χ0) is 13.0. The van der Waals surface area contributed by atoms with Gasteiger partial charge < -0.3 is 11.5 Å². The standard InChI is InChI=1S/C13H18N2O2/c1-8(2)3-4-9-5-6-10(12(14)16)11(7-9)13(15)17/h5-8H,3-4H2,1-2H3,(H2,14,16)(H2,15,17). The van der Waals surface area contributed by atoms with E-state index in [9.17, 15) is 9.59 Å². The average Bonchev–Trinajstić information content (AvgIpc) is 2.25. The lowest BCUT2D eigenvalue weighted by Crippen LogP contribution is -2.20. The average molecular weight is 234 g/mol. The van der Waals surface area contributed by atoms with Crippen LogP contribution in [0.2, 0.25) is 0 Å². The Balaban J connectivity index is 3.02. The summed E-state index contributed by atoms with van der Waals surface area (Å²) in [5.74, 6) is -0.665. The molecule has 92 valence electrons. The SMILES string of the molecule is CC(C)CCc1ccc(C(N)=O)c(C(N)=O)c1. The minimum Gasteiger partial charge on any atom is -0.366 e. The molecule has 0 saturated heterocycles. The van der Waals surface area contributed by atoms with Gasteiger partial charge in [0.1, 0.15) is 0 Å². The highest BCUT2D eigenvalue weighted by Gasteiger charge is 2.13. The quantitative estimate of drug-likeness (QED) is 0.808. The van der Waals surface area contributed by atoms with Gasteiger partial charge in [0.05, 0.1) is 11.1 Å². The maximum Gasteiger partial charge on any atom is 0.249 e. The number of carbonyl (C=O) groups excluding carboxylic acids is 2. The molecule has 0 spiro atoms. The zero-order valence-electron chi connectivity index (χ0n) is 10.2. The summed E-state index contributed by atoms with van der Waals surface area (Å²) in [7, 11) is 0. The first kappa shape index (κ1) is 13.2. The van der Waals surface area contributed by atoms with E-state index < -0.39 is 11.8 Å². The molecule has 0 unspecified atom stereocenters. The molecule has 0 saturated carbocycles. The first-order valence-corrected chi connectivity index (χ1v) is 5.64. The van der Waals surface area contributed by atoms with Gasteiger partial charge in [-0.1, -0.05) is 19.9 Å². The number of hydrogen-bond donors (Lipinski definition) is 2. The molecule has 1 aromatic carbocycles. The van der Waals surface area contributed by atoms with E-state index in [0.717, 1.165) is 18.4 Å². The van der Waals surface area contributed by atoms with Crippen molar-refractivity contribution in [3.8, 4) is 0 Å². The first-order valence-electron chi connectivity index (χ1n) is 5.64. The Morgan fingerprint density at radius 2 is 1.71 bits per heavy atom. The van der Waals surface area contributed by atoms with Gasteiger partial charge in [-0.3, -0.25) is 9.59 Å². The van der Waals surface area contributed by atoms with E-state index in [2.05, 4.69) is 13.8 Å². The molecule has 1 rings (SSSR count). The number of carbonyl (C=O) groups is 2. The molecule has 2 amide bonds. The van der Waals surface area contributed by atoms with Gasteiger partial charge in [0.15, 0.2) is 0 Å². The minimum absolute atomic E-state index is 0.186. The smallest absolute Gasteiger partial charge is 0.249 e. The van der Waals surface area contributed by atoms with Gasteiger partial charge in [-0.2, -0.15) is 0 Å². The Bertz CT molecular complexity index is 439. The number of rotatable bonds is 5. The first-order chi connectivity index (χ1) is 7.91. The predicted octanol–water partition coefficient (Wildman–Crippen LogP) is 1.47. The predicted molar refractivity (Wildman–Crippen MR) is 66.6 cm³/mol. The molecule has 0 fully saturated rings. The van der Waals surface area contributed by atoms with Crippen molar-refractivity contribution in [1.82, 2.24) is 0 Å². The van der Waals surface area contributed by atoms with Gasteiger partial charge in [0.2, 0.25) is 11.8 Å². The van der Waals surface area contributed by atoms with Gasteiger partial charge >= 0.3 is 0 Å². The summed E-state index contributed by atoms with van der Waals surface area (Å²) in [6, 6.07) is 5.04. The van der Waals surface area contributed by atoms with Crippen molar-refractivity contribution in [2.45, 2.75) is 26.7 Å². The normalized spacial score (nSPS) is 10.5. The van der Waals surface area contributed by atoms with E-state index in [4.69, 9.17) is 11.5 Å². The van der Waals surface area contributed by atoms with Crippen LogP contribution >= 0.6 is 0 Å². The van der Waals surface area contributed by atoms with Crippen LogP contribution in [0.15, 0.2) is 18.2 Å². The van der Waals surface area contributed by atoms with Crippen LogP contribution in [-0.4, -0.2) is 11.8 Å². The molecule has 4 nitrogen and oxygen atoms in total. The van der Waals surface area contributed by atoms with Crippen LogP contribution in [0.3, 0.4) is 0 Å². The van der Waals surface area contributed by atoms with Gasteiger partial charge in [0, 0.05) is 0 Å². The van der Waals surface area contributed by atoms with Crippen molar-refractivity contribution in [3.05, 3.63) is 34.9 Å². The lowest BCUT2D eigenvalue weighted by molar-refractivity contribution is 0.0967. The van der Waals surface area contributed by atoms with Crippen molar-refractivity contribution in [1.29, 1.82) is 0 Å². The molecule has 0 aliphatic rings. The second-order valence-corrected chi connectivity index (χ2v) is 4.54. The summed E-state index contributed by atoms with van der Waals surface area (Å²) in [5, 5.41) is 0. The molecule has 1 aromatic rings. The molecule has 17 heavy (non-hydrogen) atoms. The Hall–Kier alpha value is -1.84. The number of aryl methyl sites for hydroxylation is 1. The van der Waals surface area contributed by atoms with E-state index >= 15 is 0 Å². The third-order valence-electron chi connectivity index (χ3n) is 2.63. The van der Waals surface area contributed by atoms with Crippen molar-refractivity contribution in [3.63, 3.8) is 0 Å². The van der Waals surface area contributed by atoms with E-state index in [0.29, 0.717) is 5.92 Å². The molecule has 0 bridgehead atoms. The molecule has 0 aliphatic carbocycles. The topological polar surface area (TPSA) is 86.2 Å². The number of amides is 2.